The summed E-state index contributed by atoms with van der Waals surface area (Å²) < 4.78 is 4.65. The Bertz CT molecular complexity index is 505. The van der Waals surface area contributed by atoms with Crippen molar-refractivity contribution in [3.63, 3.8) is 0 Å². The van der Waals surface area contributed by atoms with E-state index in [4.69, 9.17) is 0 Å². The number of hydrogen-bond donors (Lipinski definition) is 2. The number of methoxy groups -OCH3 is 1. The minimum atomic E-state index is -0.354. The molecule has 1 aliphatic heterocycles. The van der Waals surface area contributed by atoms with Crippen LogP contribution in [0.2, 0.25) is 0 Å². The van der Waals surface area contributed by atoms with Crippen LogP contribution in [0, 0.1) is 5.41 Å². The number of piperidine rings is 1. The summed E-state index contributed by atoms with van der Waals surface area (Å²) in [5, 5.41) is 6.26. The van der Waals surface area contributed by atoms with Gasteiger partial charge in [0.05, 0.1) is 12.7 Å². The molecule has 0 saturated carbocycles. The van der Waals surface area contributed by atoms with Gasteiger partial charge in [-0.2, -0.15) is 0 Å². The van der Waals surface area contributed by atoms with Crippen LogP contribution in [-0.2, 0) is 16.1 Å². The summed E-state index contributed by atoms with van der Waals surface area (Å²) in [5.41, 5.74) is 1.20. The van der Waals surface area contributed by atoms with Crippen LogP contribution in [0.5, 0.6) is 0 Å². The average Bonchev–Trinajstić information content (AvgIpc) is 2.53. The summed E-state index contributed by atoms with van der Waals surface area (Å²) in [6.07, 6.45) is 1.72. The first-order valence-electron chi connectivity index (χ1n) is 7.21. The number of nitrogens with one attached hydrogen (secondary N) is 2. The Morgan fingerprint density at radius 2 is 1.86 bits per heavy atom. The van der Waals surface area contributed by atoms with Crippen molar-refractivity contribution in [2.45, 2.75) is 26.3 Å². The Morgan fingerprint density at radius 1 is 1.24 bits per heavy atom. The lowest BCUT2D eigenvalue weighted by molar-refractivity contribution is -0.131. The lowest BCUT2D eigenvalue weighted by Crippen LogP contribution is -2.45. The summed E-state index contributed by atoms with van der Waals surface area (Å²) in [6.45, 7) is 4.27. The molecule has 21 heavy (non-hydrogen) atoms. The number of hydrogen-bond acceptors (Lipinski definition) is 4. The van der Waals surface area contributed by atoms with E-state index in [9.17, 15) is 9.59 Å². The first-order valence-corrected chi connectivity index (χ1v) is 7.21. The average molecular weight is 290 g/mol. The van der Waals surface area contributed by atoms with Crippen LogP contribution in [0.3, 0.4) is 0 Å². The van der Waals surface area contributed by atoms with Gasteiger partial charge in [-0.05, 0) is 43.6 Å². The lowest BCUT2D eigenvalue weighted by atomic mass is 9.80. The maximum absolute atomic E-state index is 12.3. The van der Waals surface area contributed by atoms with Gasteiger partial charge in [-0.1, -0.05) is 19.1 Å². The molecule has 1 saturated heterocycles. The molecule has 2 rings (SSSR count). The van der Waals surface area contributed by atoms with E-state index in [1.165, 1.54) is 7.11 Å². The Balaban J connectivity index is 1.90. The van der Waals surface area contributed by atoms with Gasteiger partial charge in [0.25, 0.3) is 0 Å². The van der Waals surface area contributed by atoms with E-state index in [2.05, 4.69) is 15.4 Å². The highest BCUT2D eigenvalue weighted by Crippen LogP contribution is 2.28. The Labute approximate surface area is 125 Å². The lowest BCUT2D eigenvalue weighted by Gasteiger charge is -2.32. The molecule has 2 N–H and O–H groups in total. The normalized spacial score (nSPS) is 17.0. The third-order valence-corrected chi connectivity index (χ3v) is 4.08. The molecule has 1 aromatic carbocycles. The summed E-state index contributed by atoms with van der Waals surface area (Å²) in [7, 11) is 1.36. The summed E-state index contributed by atoms with van der Waals surface area (Å²) >= 11 is 0. The number of ether oxygens (including phenoxy) is 1. The first kappa shape index (κ1) is 15.5. The van der Waals surface area contributed by atoms with Gasteiger partial charge in [0.15, 0.2) is 0 Å². The fraction of sp³-hybridized carbons (Fsp3) is 0.500. The molecule has 1 amide bonds. The maximum atomic E-state index is 12.3. The van der Waals surface area contributed by atoms with E-state index in [1.807, 2.05) is 19.1 Å². The molecule has 0 aliphatic carbocycles. The molecule has 1 fully saturated rings. The number of rotatable bonds is 4. The van der Waals surface area contributed by atoms with Gasteiger partial charge in [-0.15, -0.1) is 0 Å². The van der Waals surface area contributed by atoms with Gasteiger partial charge in [0.1, 0.15) is 0 Å². The van der Waals surface area contributed by atoms with Crippen molar-refractivity contribution in [1.29, 1.82) is 0 Å². The Kier molecular flexibility index (Phi) is 4.96. The smallest absolute Gasteiger partial charge is 0.337 e. The molecule has 0 radical (unpaired) electrons. The SMILES string of the molecule is COC(=O)c1ccc(CNC(=O)C2(C)CCNCC2)cc1. The second-order valence-corrected chi connectivity index (χ2v) is 5.68. The zero-order valence-corrected chi connectivity index (χ0v) is 12.6. The highest BCUT2D eigenvalue weighted by Gasteiger charge is 2.34. The van der Waals surface area contributed by atoms with Crippen LogP contribution in [0.4, 0.5) is 0 Å². The number of esters is 1. The number of carbonyl (C=O) groups excluding carboxylic acids is 2. The largest absolute Gasteiger partial charge is 0.465 e. The molecule has 0 bridgehead atoms. The van der Waals surface area contributed by atoms with Crippen LogP contribution >= 0.6 is 0 Å². The van der Waals surface area contributed by atoms with Crippen molar-refractivity contribution in [1.82, 2.24) is 10.6 Å². The molecule has 0 spiro atoms. The second kappa shape index (κ2) is 6.72. The van der Waals surface area contributed by atoms with Gasteiger partial charge < -0.3 is 15.4 Å². The minimum Gasteiger partial charge on any atom is -0.465 e. The van der Waals surface area contributed by atoms with Crippen LogP contribution < -0.4 is 10.6 Å². The van der Waals surface area contributed by atoms with Gasteiger partial charge in [0.2, 0.25) is 5.91 Å². The van der Waals surface area contributed by atoms with E-state index in [0.717, 1.165) is 31.5 Å². The van der Waals surface area contributed by atoms with E-state index >= 15 is 0 Å². The third kappa shape index (κ3) is 3.82. The van der Waals surface area contributed by atoms with E-state index < -0.39 is 0 Å². The van der Waals surface area contributed by atoms with Gasteiger partial charge in [-0.3, -0.25) is 4.79 Å². The molecule has 0 aromatic heterocycles. The Morgan fingerprint density at radius 3 is 2.43 bits per heavy atom. The topological polar surface area (TPSA) is 67.4 Å². The second-order valence-electron chi connectivity index (χ2n) is 5.68. The van der Waals surface area contributed by atoms with Crippen molar-refractivity contribution in [2.24, 2.45) is 5.41 Å². The van der Waals surface area contributed by atoms with Crippen LogP contribution in [0.25, 0.3) is 0 Å². The van der Waals surface area contributed by atoms with Crippen molar-refractivity contribution >= 4 is 11.9 Å². The quantitative estimate of drug-likeness (QED) is 0.824. The highest BCUT2D eigenvalue weighted by atomic mass is 16.5. The van der Waals surface area contributed by atoms with Gasteiger partial charge >= 0.3 is 5.97 Å². The zero-order chi connectivity index (χ0) is 15.3. The summed E-state index contributed by atoms with van der Waals surface area (Å²) in [6, 6.07) is 7.08. The van der Waals surface area contributed by atoms with Gasteiger partial charge in [0, 0.05) is 12.0 Å². The number of benzene rings is 1. The fourth-order valence-electron chi connectivity index (χ4n) is 2.48. The fourth-order valence-corrected chi connectivity index (χ4v) is 2.48. The van der Waals surface area contributed by atoms with E-state index in [0.29, 0.717) is 12.1 Å². The first-order chi connectivity index (χ1) is 10.0. The van der Waals surface area contributed by atoms with E-state index in [1.54, 1.807) is 12.1 Å². The third-order valence-electron chi connectivity index (χ3n) is 4.08. The summed E-state index contributed by atoms with van der Waals surface area (Å²) in [4.78, 5) is 23.6. The molecule has 1 aromatic rings. The highest BCUT2D eigenvalue weighted by molar-refractivity contribution is 5.89. The monoisotopic (exact) mass is 290 g/mol. The summed E-state index contributed by atoms with van der Waals surface area (Å²) in [5.74, 6) is -0.256. The molecule has 5 heteroatoms. The molecule has 5 nitrogen and oxygen atoms in total. The minimum absolute atomic E-state index is 0.0982. The molecular weight excluding hydrogens is 268 g/mol. The molecule has 0 unspecified atom stereocenters. The van der Waals surface area contributed by atoms with Crippen molar-refractivity contribution in [3.05, 3.63) is 35.4 Å². The maximum Gasteiger partial charge on any atom is 0.337 e. The molecule has 1 aliphatic rings. The molecule has 1 heterocycles. The van der Waals surface area contributed by atoms with Crippen molar-refractivity contribution < 1.29 is 14.3 Å². The van der Waals surface area contributed by atoms with E-state index in [-0.39, 0.29) is 17.3 Å². The van der Waals surface area contributed by atoms with Crippen LogP contribution in [0.15, 0.2) is 24.3 Å². The molecule has 114 valence electrons. The Hall–Kier alpha value is -1.88. The molecular formula is C16H22N2O3. The predicted molar refractivity (Wildman–Crippen MR) is 79.8 cm³/mol. The number of carbonyl (C=O) groups is 2. The van der Waals surface area contributed by atoms with Gasteiger partial charge in [-0.25, -0.2) is 4.79 Å². The number of amides is 1. The van der Waals surface area contributed by atoms with Crippen LogP contribution in [0.1, 0.15) is 35.7 Å². The van der Waals surface area contributed by atoms with Crippen LogP contribution in [-0.4, -0.2) is 32.1 Å². The van der Waals surface area contributed by atoms with Crippen molar-refractivity contribution in [3.8, 4) is 0 Å². The molecule has 0 atom stereocenters. The zero-order valence-electron chi connectivity index (χ0n) is 12.6. The van der Waals surface area contributed by atoms with Crippen molar-refractivity contribution in [2.75, 3.05) is 20.2 Å². The standard InChI is InChI=1S/C16H22N2O3/c1-16(7-9-17-10-8-16)15(20)18-11-12-3-5-13(6-4-12)14(19)21-2/h3-6,17H,7-11H2,1-2H3,(H,18,20). The predicted octanol–water partition coefficient (Wildman–Crippen LogP) is 1.48.